The zero-order valence-corrected chi connectivity index (χ0v) is 11.9. The molecule has 1 aromatic carbocycles. The van der Waals surface area contributed by atoms with Crippen LogP contribution < -0.4 is 10.1 Å². The number of aromatic nitrogens is 1. The third-order valence-corrected chi connectivity index (χ3v) is 3.19. The molecule has 106 valence electrons. The molecule has 0 unspecified atom stereocenters. The molecule has 20 heavy (non-hydrogen) atoms. The average molecular weight is 272 g/mol. The maximum Gasteiger partial charge on any atom is 0.258 e. The van der Waals surface area contributed by atoms with Crippen LogP contribution in [0.2, 0.25) is 0 Å². The molecule has 2 aromatic rings. The number of hydrogen-bond acceptors (Lipinski definition) is 2. The summed E-state index contributed by atoms with van der Waals surface area (Å²) in [4.78, 5) is 11.7. The number of nitrogens with zero attached hydrogens (tertiary/aromatic N) is 1. The van der Waals surface area contributed by atoms with Crippen LogP contribution >= 0.6 is 0 Å². The Morgan fingerprint density at radius 1 is 1.10 bits per heavy atom. The topological polar surface area (TPSA) is 43.3 Å². The van der Waals surface area contributed by atoms with Crippen LogP contribution in [0, 0.1) is 13.8 Å². The summed E-state index contributed by atoms with van der Waals surface area (Å²) >= 11 is 0. The first-order valence-corrected chi connectivity index (χ1v) is 6.74. The van der Waals surface area contributed by atoms with E-state index in [1.54, 1.807) is 0 Å². The number of carbonyl (C=O) groups excluding carboxylic acids is 1. The number of rotatable bonds is 6. The number of ether oxygens (including phenoxy) is 1. The summed E-state index contributed by atoms with van der Waals surface area (Å²) in [7, 11) is 0. The van der Waals surface area contributed by atoms with Crippen LogP contribution in [0.15, 0.2) is 42.5 Å². The summed E-state index contributed by atoms with van der Waals surface area (Å²) < 4.78 is 7.56. The Labute approximate surface area is 119 Å². The predicted octanol–water partition coefficient (Wildman–Crippen LogP) is 2.30. The highest BCUT2D eigenvalue weighted by Gasteiger charge is 2.04. The zero-order chi connectivity index (χ0) is 14.4. The molecule has 0 atom stereocenters. The molecule has 0 saturated heterocycles. The highest BCUT2D eigenvalue weighted by molar-refractivity contribution is 5.77. The second kappa shape index (κ2) is 6.80. The van der Waals surface area contributed by atoms with E-state index in [9.17, 15) is 4.79 Å². The van der Waals surface area contributed by atoms with E-state index in [1.807, 2.05) is 30.3 Å². The van der Waals surface area contributed by atoms with E-state index < -0.39 is 0 Å². The van der Waals surface area contributed by atoms with Crippen LogP contribution in [-0.2, 0) is 11.3 Å². The number of benzene rings is 1. The van der Waals surface area contributed by atoms with Gasteiger partial charge >= 0.3 is 0 Å². The Morgan fingerprint density at radius 2 is 1.75 bits per heavy atom. The SMILES string of the molecule is Cc1ccc(C)n1CCNC(=O)COc1ccccc1. The van der Waals surface area contributed by atoms with E-state index in [4.69, 9.17) is 4.74 Å². The first kappa shape index (κ1) is 14.2. The second-order valence-electron chi connectivity index (χ2n) is 4.72. The molecule has 0 spiro atoms. The van der Waals surface area contributed by atoms with Gasteiger partial charge in [0.25, 0.3) is 5.91 Å². The maximum atomic E-state index is 11.7. The molecule has 1 amide bonds. The highest BCUT2D eigenvalue weighted by atomic mass is 16.5. The lowest BCUT2D eigenvalue weighted by Gasteiger charge is -2.11. The summed E-state index contributed by atoms with van der Waals surface area (Å²) in [5, 5.41) is 2.86. The lowest BCUT2D eigenvalue weighted by Crippen LogP contribution is -2.31. The van der Waals surface area contributed by atoms with Gasteiger partial charge in [-0.05, 0) is 38.1 Å². The fourth-order valence-corrected chi connectivity index (χ4v) is 2.08. The first-order valence-electron chi connectivity index (χ1n) is 6.74. The van der Waals surface area contributed by atoms with Crippen LogP contribution in [0.4, 0.5) is 0 Å². The third-order valence-electron chi connectivity index (χ3n) is 3.19. The Kier molecular flexibility index (Phi) is 4.82. The van der Waals surface area contributed by atoms with Gasteiger partial charge in [-0.15, -0.1) is 0 Å². The van der Waals surface area contributed by atoms with Crippen LogP contribution in [0.25, 0.3) is 0 Å². The van der Waals surface area contributed by atoms with Crippen molar-refractivity contribution in [3.8, 4) is 5.75 Å². The van der Waals surface area contributed by atoms with Gasteiger partial charge in [0, 0.05) is 24.5 Å². The third kappa shape index (κ3) is 3.88. The van der Waals surface area contributed by atoms with E-state index in [0.29, 0.717) is 12.3 Å². The van der Waals surface area contributed by atoms with Crippen molar-refractivity contribution in [1.29, 1.82) is 0 Å². The molecular formula is C16H20N2O2. The van der Waals surface area contributed by atoms with Crippen LogP contribution in [0.1, 0.15) is 11.4 Å². The van der Waals surface area contributed by atoms with Crippen molar-refractivity contribution < 1.29 is 9.53 Å². The van der Waals surface area contributed by atoms with Crippen molar-refractivity contribution in [1.82, 2.24) is 9.88 Å². The van der Waals surface area contributed by atoms with Gasteiger partial charge in [0.05, 0.1) is 0 Å². The quantitative estimate of drug-likeness (QED) is 0.877. The van der Waals surface area contributed by atoms with Crippen LogP contribution in [0.5, 0.6) is 5.75 Å². The molecule has 1 N–H and O–H groups in total. The van der Waals surface area contributed by atoms with Crippen molar-refractivity contribution in [2.75, 3.05) is 13.2 Å². The van der Waals surface area contributed by atoms with Gasteiger partial charge in [-0.1, -0.05) is 18.2 Å². The molecule has 0 aliphatic carbocycles. The zero-order valence-electron chi connectivity index (χ0n) is 11.9. The number of hydrogen-bond donors (Lipinski definition) is 1. The van der Waals surface area contributed by atoms with Crippen molar-refractivity contribution in [2.24, 2.45) is 0 Å². The highest BCUT2D eigenvalue weighted by Crippen LogP contribution is 2.08. The van der Waals surface area contributed by atoms with E-state index >= 15 is 0 Å². The van der Waals surface area contributed by atoms with Gasteiger partial charge in [-0.2, -0.15) is 0 Å². The minimum absolute atomic E-state index is 0.0493. The van der Waals surface area contributed by atoms with Gasteiger partial charge in [0.2, 0.25) is 0 Å². The molecule has 2 rings (SSSR count). The van der Waals surface area contributed by atoms with Crippen LogP contribution in [0.3, 0.4) is 0 Å². The molecule has 0 radical (unpaired) electrons. The molecule has 0 bridgehead atoms. The molecular weight excluding hydrogens is 252 g/mol. The molecule has 0 fully saturated rings. The second-order valence-corrected chi connectivity index (χ2v) is 4.72. The molecule has 1 heterocycles. The molecule has 4 nitrogen and oxygen atoms in total. The lowest BCUT2D eigenvalue weighted by molar-refractivity contribution is -0.123. The number of aryl methyl sites for hydroxylation is 2. The van der Waals surface area contributed by atoms with Crippen molar-refractivity contribution >= 4 is 5.91 Å². The number of para-hydroxylation sites is 1. The minimum atomic E-state index is -0.101. The largest absolute Gasteiger partial charge is 0.484 e. The smallest absolute Gasteiger partial charge is 0.258 e. The van der Waals surface area contributed by atoms with E-state index in [-0.39, 0.29) is 12.5 Å². The lowest BCUT2D eigenvalue weighted by atomic mass is 10.3. The van der Waals surface area contributed by atoms with E-state index in [1.165, 1.54) is 11.4 Å². The number of carbonyl (C=O) groups is 1. The summed E-state index contributed by atoms with van der Waals surface area (Å²) in [6, 6.07) is 13.5. The standard InChI is InChI=1S/C16H20N2O2/c1-13-8-9-14(2)18(13)11-10-17-16(19)12-20-15-6-4-3-5-7-15/h3-9H,10-12H2,1-2H3,(H,17,19). The van der Waals surface area contributed by atoms with Crippen molar-refractivity contribution in [2.45, 2.75) is 20.4 Å². The number of nitrogens with one attached hydrogen (secondary N) is 1. The maximum absolute atomic E-state index is 11.7. The first-order chi connectivity index (χ1) is 9.66. The van der Waals surface area contributed by atoms with Gasteiger partial charge in [-0.25, -0.2) is 0 Å². The van der Waals surface area contributed by atoms with E-state index in [0.717, 1.165) is 6.54 Å². The monoisotopic (exact) mass is 272 g/mol. The summed E-state index contributed by atoms with van der Waals surface area (Å²) in [6.07, 6.45) is 0. The van der Waals surface area contributed by atoms with Crippen molar-refractivity contribution in [3.05, 3.63) is 53.9 Å². The average Bonchev–Trinajstić information content (AvgIpc) is 2.78. The summed E-state index contributed by atoms with van der Waals surface area (Å²) in [5.41, 5.74) is 2.41. The van der Waals surface area contributed by atoms with Gasteiger partial charge in [-0.3, -0.25) is 4.79 Å². The predicted molar refractivity (Wildman–Crippen MR) is 78.9 cm³/mol. The molecule has 1 aromatic heterocycles. The fourth-order valence-electron chi connectivity index (χ4n) is 2.08. The molecule has 0 saturated carbocycles. The minimum Gasteiger partial charge on any atom is -0.484 e. The normalized spacial score (nSPS) is 10.3. The Hall–Kier alpha value is -2.23. The molecule has 0 aliphatic heterocycles. The van der Waals surface area contributed by atoms with E-state index in [2.05, 4.69) is 35.9 Å². The fraction of sp³-hybridized carbons (Fsp3) is 0.312. The Balaban J connectivity index is 1.71. The molecule has 4 heteroatoms. The summed E-state index contributed by atoms with van der Waals surface area (Å²) in [6.45, 7) is 5.56. The Morgan fingerprint density at radius 3 is 2.40 bits per heavy atom. The number of amides is 1. The van der Waals surface area contributed by atoms with Gasteiger partial charge in [0.15, 0.2) is 6.61 Å². The van der Waals surface area contributed by atoms with Gasteiger partial charge < -0.3 is 14.6 Å². The Bertz CT molecular complexity index is 542. The summed E-state index contributed by atoms with van der Waals surface area (Å²) in [5.74, 6) is 0.607. The van der Waals surface area contributed by atoms with Gasteiger partial charge in [0.1, 0.15) is 5.75 Å². The molecule has 0 aliphatic rings. The van der Waals surface area contributed by atoms with Crippen molar-refractivity contribution in [3.63, 3.8) is 0 Å². The van der Waals surface area contributed by atoms with Crippen LogP contribution in [-0.4, -0.2) is 23.6 Å².